The van der Waals surface area contributed by atoms with Crippen LogP contribution in [0.5, 0.6) is 5.75 Å². The lowest BCUT2D eigenvalue weighted by Crippen LogP contribution is -2.40. The number of methoxy groups -OCH3 is 1. The van der Waals surface area contributed by atoms with Crippen LogP contribution in [0.1, 0.15) is 25.7 Å². The maximum Gasteiger partial charge on any atom is 0.241 e. The molecule has 0 aromatic heterocycles. The fourth-order valence-corrected chi connectivity index (χ4v) is 3.74. The molecule has 1 fully saturated rings. The van der Waals surface area contributed by atoms with Gasteiger partial charge in [0.15, 0.2) is 0 Å². The molecular weight excluding hydrogens is 328 g/mol. The third-order valence-electron chi connectivity index (χ3n) is 3.58. The molecule has 1 aliphatic rings. The second-order valence-corrected chi connectivity index (χ2v) is 7.34. The van der Waals surface area contributed by atoms with Gasteiger partial charge in [-0.25, -0.2) is 13.1 Å². The van der Waals surface area contributed by atoms with Gasteiger partial charge in [0.05, 0.1) is 23.6 Å². The number of nitrogens with one attached hydrogen (secondary N) is 2. The van der Waals surface area contributed by atoms with Crippen LogP contribution in [0.15, 0.2) is 23.1 Å². The molecule has 0 heterocycles. The molecule has 0 aliphatic heterocycles. The van der Waals surface area contributed by atoms with E-state index in [1.165, 1.54) is 25.3 Å². The van der Waals surface area contributed by atoms with Crippen molar-refractivity contribution >= 4 is 27.5 Å². The molecule has 2 N–H and O–H groups in total. The fraction of sp³-hybridized carbons (Fsp3) is 0.500. The van der Waals surface area contributed by atoms with Gasteiger partial charge in [0.25, 0.3) is 0 Å². The van der Waals surface area contributed by atoms with Crippen molar-refractivity contribution in [3.8, 4) is 5.75 Å². The van der Waals surface area contributed by atoms with Crippen molar-refractivity contribution in [3.05, 3.63) is 23.2 Å². The topological polar surface area (TPSA) is 84.5 Å². The number of hydrogen-bond acceptors (Lipinski definition) is 4. The Kier molecular flexibility index (Phi) is 5.66. The number of carbonyl (C=O) groups excluding carboxylic acids is 1. The molecule has 1 amide bonds. The summed E-state index contributed by atoms with van der Waals surface area (Å²) in [6.45, 7) is -0.289. The first kappa shape index (κ1) is 17.1. The van der Waals surface area contributed by atoms with Crippen LogP contribution < -0.4 is 14.8 Å². The van der Waals surface area contributed by atoms with E-state index in [4.69, 9.17) is 16.3 Å². The summed E-state index contributed by atoms with van der Waals surface area (Å²) in [6, 6.07) is 4.29. The number of rotatable bonds is 6. The highest BCUT2D eigenvalue weighted by molar-refractivity contribution is 7.89. The molecule has 0 atom stereocenters. The normalized spacial score (nSPS) is 15.7. The Labute approximate surface area is 135 Å². The zero-order valence-electron chi connectivity index (χ0n) is 12.3. The number of amides is 1. The highest BCUT2D eigenvalue weighted by atomic mass is 35.5. The van der Waals surface area contributed by atoms with E-state index in [0.29, 0.717) is 5.75 Å². The Balaban J connectivity index is 1.95. The summed E-state index contributed by atoms with van der Waals surface area (Å²) in [7, 11) is -2.34. The van der Waals surface area contributed by atoms with Gasteiger partial charge in [0.2, 0.25) is 15.9 Å². The molecule has 1 aromatic rings. The third kappa shape index (κ3) is 4.34. The molecule has 6 nitrogen and oxygen atoms in total. The van der Waals surface area contributed by atoms with Gasteiger partial charge in [-0.2, -0.15) is 0 Å². The number of carbonyl (C=O) groups is 1. The molecule has 2 rings (SSSR count). The minimum Gasteiger partial charge on any atom is -0.495 e. The lowest BCUT2D eigenvalue weighted by Gasteiger charge is -2.13. The molecule has 0 spiro atoms. The molecule has 1 saturated carbocycles. The van der Waals surface area contributed by atoms with Crippen LogP contribution in [-0.2, 0) is 14.8 Å². The SMILES string of the molecule is COc1ccc(S(=O)(=O)NCC(=O)NC2CCCC2)cc1Cl. The first-order valence-corrected chi connectivity index (χ1v) is 8.91. The molecular formula is C14H19ClN2O4S. The van der Waals surface area contributed by atoms with E-state index in [1.807, 2.05) is 0 Å². The molecule has 8 heteroatoms. The Bertz CT molecular complexity index is 642. The molecule has 0 bridgehead atoms. The van der Waals surface area contributed by atoms with Crippen LogP contribution in [0.3, 0.4) is 0 Å². The molecule has 0 saturated heterocycles. The van der Waals surface area contributed by atoms with Gasteiger partial charge >= 0.3 is 0 Å². The smallest absolute Gasteiger partial charge is 0.241 e. The lowest BCUT2D eigenvalue weighted by atomic mass is 10.2. The van der Waals surface area contributed by atoms with Gasteiger partial charge in [-0.15, -0.1) is 0 Å². The standard InChI is InChI=1S/C14H19ClN2O4S/c1-21-13-7-6-11(8-12(13)15)22(19,20)16-9-14(18)17-10-4-2-3-5-10/h6-8,10,16H,2-5,9H2,1H3,(H,17,18). The number of ether oxygens (including phenoxy) is 1. The van der Waals surface area contributed by atoms with E-state index < -0.39 is 10.0 Å². The van der Waals surface area contributed by atoms with Crippen LogP contribution in [0, 0.1) is 0 Å². The second kappa shape index (κ2) is 7.30. The van der Waals surface area contributed by atoms with Gasteiger partial charge in [-0.3, -0.25) is 4.79 Å². The van der Waals surface area contributed by atoms with Crippen molar-refractivity contribution in [2.24, 2.45) is 0 Å². The maximum atomic E-state index is 12.1. The summed E-state index contributed by atoms with van der Waals surface area (Å²) in [4.78, 5) is 11.8. The number of halogens is 1. The van der Waals surface area contributed by atoms with Gasteiger partial charge < -0.3 is 10.1 Å². The largest absolute Gasteiger partial charge is 0.495 e. The number of hydrogen-bond donors (Lipinski definition) is 2. The van der Waals surface area contributed by atoms with E-state index in [0.717, 1.165) is 25.7 Å². The zero-order chi connectivity index (χ0) is 16.2. The fourth-order valence-electron chi connectivity index (χ4n) is 2.41. The number of benzene rings is 1. The summed E-state index contributed by atoms with van der Waals surface area (Å²) in [5.41, 5.74) is 0. The van der Waals surface area contributed by atoms with Gasteiger partial charge in [-0.1, -0.05) is 24.4 Å². The molecule has 1 aromatic carbocycles. The molecule has 0 unspecified atom stereocenters. The van der Waals surface area contributed by atoms with Gasteiger partial charge in [0.1, 0.15) is 5.75 Å². The Morgan fingerprint density at radius 1 is 1.36 bits per heavy atom. The van der Waals surface area contributed by atoms with Crippen molar-refractivity contribution in [2.45, 2.75) is 36.6 Å². The molecule has 22 heavy (non-hydrogen) atoms. The van der Waals surface area contributed by atoms with E-state index in [2.05, 4.69) is 10.0 Å². The van der Waals surface area contributed by atoms with Crippen molar-refractivity contribution in [1.82, 2.24) is 10.0 Å². The van der Waals surface area contributed by atoms with E-state index in [9.17, 15) is 13.2 Å². The second-order valence-electron chi connectivity index (χ2n) is 5.17. The zero-order valence-corrected chi connectivity index (χ0v) is 13.8. The Morgan fingerprint density at radius 3 is 2.64 bits per heavy atom. The third-order valence-corrected chi connectivity index (χ3v) is 5.27. The minimum atomic E-state index is -3.79. The van der Waals surface area contributed by atoms with Crippen molar-refractivity contribution in [3.63, 3.8) is 0 Å². The molecule has 122 valence electrons. The average molecular weight is 347 g/mol. The van der Waals surface area contributed by atoms with Crippen LogP contribution in [0.2, 0.25) is 5.02 Å². The highest BCUT2D eigenvalue weighted by Crippen LogP contribution is 2.26. The predicted octanol–water partition coefficient (Wildman–Crippen LogP) is 1.69. The minimum absolute atomic E-state index is 0.00744. The first-order chi connectivity index (χ1) is 10.4. The van der Waals surface area contributed by atoms with Crippen LogP contribution >= 0.6 is 11.6 Å². The summed E-state index contributed by atoms with van der Waals surface area (Å²) >= 11 is 5.92. The quantitative estimate of drug-likeness (QED) is 0.820. The average Bonchev–Trinajstić information content (AvgIpc) is 2.98. The van der Waals surface area contributed by atoms with Crippen LogP contribution in [0.4, 0.5) is 0 Å². The van der Waals surface area contributed by atoms with Crippen molar-refractivity contribution in [1.29, 1.82) is 0 Å². The van der Waals surface area contributed by atoms with Gasteiger partial charge in [0, 0.05) is 6.04 Å². The van der Waals surface area contributed by atoms with Crippen molar-refractivity contribution < 1.29 is 17.9 Å². The predicted molar refractivity (Wildman–Crippen MR) is 83.6 cm³/mol. The number of sulfonamides is 1. The maximum absolute atomic E-state index is 12.1. The molecule has 0 radical (unpaired) electrons. The molecule has 1 aliphatic carbocycles. The highest BCUT2D eigenvalue weighted by Gasteiger charge is 2.20. The monoisotopic (exact) mass is 346 g/mol. The summed E-state index contributed by atoms with van der Waals surface area (Å²) in [6.07, 6.45) is 4.10. The van der Waals surface area contributed by atoms with E-state index >= 15 is 0 Å². The van der Waals surface area contributed by atoms with E-state index in [-0.39, 0.29) is 28.4 Å². The Morgan fingerprint density at radius 2 is 2.05 bits per heavy atom. The Hall–Kier alpha value is -1.31. The van der Waals surface area contributed by atoms with E-state index in [1.54, 1.807) is 0 Å². The van der Waals surface area contributed by atoms with Crippen LogP contribution in [0.25, 0.3) is 0 Å². The summed E-state index contributed by atoms with van der Waals surface area (Å²) in [5.74, 6) is 0.0645. The van der Waals surface area contributed by atoms with Gasteiger partial charge in [-0.05, 0) is 31.0 Å². The lowest BCUT2D eigenvalue weighted by molar-refractivity contribution is -0.120. The first-order valence-electron chi connectivity index (χ1n) is 7.05. The van der Waals surface area contributed by atoms with Crippen molar-refractivity contribution in [2.75, 3.05) is 13.7 Å². The van der Waals surface area contributed by atoms with Crippen LogP contribution in [-0.4, -0.2) is 34.0 Å². The summed E-state index contributed by atoms with van der Waals surface area (Å²) < 4.78 is 31.5. The summed E-state index contributed by atoms with van der Waals surface area (Å²) in [5, 5.41) is 3.02.